The highest BCUT2D eigenvalue weighted by molar-refractivity contribution is 5.83. The molecule has 3 aromatic heterocycles. The van der Waals surface area contributed by atoms with Gasteiger partial charge >= 0.3 is 0 Å². The Labute approximate surface area is 172 Å². The van der Waals surface area contributed by atoms with Crippen LogP contribution in [0, 0.1) is 0 Å². The van der Waals surface area contributed by atoms with E-state index >= 15 is 0 Å². The van der Waals surface area contributed by atoms with Gasteiger partial charge in [0.15, 0.2) is 0 Å². The van der Waals surface area contributed by atoms with Gasteiger partial charge in [0.25, 0.3) is 0 Å². The lowest BCUT2D eigenvalue weighted by Crippen LogP contribution is -2.01. The van der Waals surface area contributed by atoms with Crippen molar-refractivity contribution in [1.29, 1.82) is 0 Å². The van der Waals surface area contributed by atoms with E-state index in [2.05, 4.69) is 78.7 Å². The predicted octanol–water partition coefficient (Wildman–Crippen LogP) is 4.62. The van der Waals surface area contributed by atoms with E-state index in [0.717, 1.165) is 46.7 Å². The Hall–Kier alpha value is -3.93. The summed E-state index contributed by atoms with van der Waals surface area (Å²) in [7, 11) is 0. The summed E-state index contributed by atoms with van der Waals surface area (Å²) in [6.45, 7) is 0.724. The number of fused-ring (bicyclic) bond motifs is 3. The Morgan fingerprint density at radius 1 is 0.767 bits per heavy atom. The summed E-state index contributed by atoms with van der Waals surface area (Å²) in [6.07, 6.45) is 7.68. The maximum atomic E-state index is 4.65. The molecule has 0 atom stereocenters. The summed E-state index contributed by atoms with van der Waals surface area (Å²) >= 11 is 0. The highest BCUT2D eigenvalue weighted by Crippen LogP contribution is 2.22. The van der Waals surface area contributed by atoms with E-state index in [4.69, 9.17) is 0 Å². The van der Waals surface area contributed by atoms with Crippen LogP contribution < -0.4 is 0 Å². The molecule has 0 aliphatic rings. The second kappa shape index (κ2) is 6.84. The third-order valence-electron chi connectivity index (χ3n) is 5.85. The first kappa shape index (κ1) is 17.0. The van der Waals surface area contributed by atoms with E-state index in [-0.39, 0.29) is 0 Å². The third-order valence-corrected chi connectivity index (χ3v) is 5.85. The summed E-state index contributed by atoms with van der Waals surface area (Å²) in [4.78, 5) is 0. The van der Waals surface area contributed by atoms with Crippen molar-refractivity contribution in [2.24, 2.45) is 0 Å². The number of nitrogens with zero attached hydrogens (tertiary/aromatic N) is 4. The first-order chi connectivity index (χ1) is 14.8. The van der Waals surface area contributed by atoms with Crippen molar-refractivity contribution in [2.75, 3.05) is 0 Å². The smallest absolute Gasteiger partial charge is 0.0686 e. The lowest BCUT2D eigenvalue weighted by atomic mass is 10.0. The Bertz CT molecular complexity index is 1490. The first-order valence-electron chi connectivity index (χ1n) is 10.1. The molecule has 3 heterocycles. The number of aryl methyl sites for hydroxylation is 2. The van der Waals surface area contributed by atoms with E-state index in [9.17, 15) is 0 Å². The zero-order chi connectivity index (χ0) is 19.9. The number of hydrogen-bond donors (Lipinski definition) is 2. The molecule has 3 aromatic carbocycles. The summed E-state index contributed by atoms with van der Waals surface area (Å²) in [5, 5.41) is 22.6. The van der Waals surface area contributed by atoms with Crippen molar-refractivity contribution in [1.82, 2.24) is 30.2 Å². The fourth-order valence-corrected chi connectivity index (χ4v) is 4.26. The van der Waals surface area contributed by atoms with Crippen LogP contribution in [0.25, 0.3) is 32.7 Å². The molecule has 0 radical (unpaired) electrons. The van der Waals surface area contributed by atoms with Gasteiger partial charge in [0.1, 0.15) is 0 Å². The molecule has 146 valence electrons. The van der Waals surface area contributed by atoms with Crippen LogP contribution in [-0.4, -0.2) is 30.2 Å². The zero-order valence-corrected chi connectivity index (χ0v) is 16.3. The zero-order valence-electron chi connectivity index (χ0n) is 16.3. The van der Waals surface area contributed by atoms with Crippen molar-refractivity contribution in [3.05, 3.63) is 89.9 Å². The van der Waals surface area contributed by atoms with Crippen LogP contribution in [0.4, 0.5) is 0 Å². The molecule has 0 amide bonds. The normalized spacial score (nSPS) is 11.7. The molecule has 6 rings (SSSR count). The molecular weight excluding hydrogens is 372 g/mol. The summed E-state index contributed by atoms with van der Waals surface area (Å²) < 4.78 is 2.06. The van der Waals surface area contributed by atoms with Gasteiger partial charge in [0.05, 0.1) is 41.7 Å². The predicted molar refractivity (Wildman–Crippen MR) is 118 cm³/mol. The molecule has 0 unspecified atom stereocenters. The van der Waals surface area contributed by atoms with Crippen LogP contribution in [0.1, 0.15) is 16.7 Å². The standard InChI is InChI=1S/C24H20N6/c1-3-17(24-18(4-1)12-25-29-24)9-7-16-8-10-23-20(11-16)13-27-30(23)15-19-5-2-6-22-21(19)14-26-28-22/h1-6,8,10-14H,7,9,15H2,(H,25,29)(H,26,28). The molecule has 6 aromatic rings. The second-order valence-electron chi connectivity index (χ2n) is 7.70. The third kappa shape index (κ3) is 2.85. The molecule has 30 heavy (non-hydrogen) atoms. The van der Waals surface area contributed by atoms with Gasteiger partial charge in [-0.25, -0.2) is 0 Å². The average molecular weight is 392 g/mol. The Morgan fingerprint density at radius 3 is 2.67 bits per heavy atom. The number of nitrogens with one attached hydrogen (secondary N) is 2. The molecule has 0 spiro atoms. The van der Waals surface area contributed by atoms with Crippen LogP contribution in [0.5, 0.6) is 0 Å². The summed E-state index contributed by atoms with van der Waals surface area (Å²) in [6, 6.07) is 19.3. The number of aromatic amines is 2. The molecule has 0 bridgehead atoms. The number of H-pyrrole nitrogens is 2. The molecule has 6 nitrogen and oxygen atoms in total. The molecule has 2 N–H and O–H groups in total. The van der Waals surface area contributed by atoms with Crippen LogP contribution in [0.15, 0.2) is 73.2 Å². The lowest BCUT2D eigenvalue weighted by molar-refractivity contribution is 0.715. The SMILES string of the molecule is c1cc(CCc2ccc3c(cnn3Cc3cccc4[nH]ncc34)c2)c2[nH]ncc2c1. The van der Waals surface area contributed by atoms with Gasteiger partial charge in [-0.2, -0.15) is 15.3 Å². The van der Waals surface area contributed by atoms with Crippen molar-refractivity contribution in [2.45, 2.75) is 19.4 Å². The van der Waals surface area contributed by atoms with Gasteiger partial charge in [-0.15, -0.1) is 0 Å². The molecular formula is C24H20N6. The minimum atomic E-state index is 0.724. The molecule has 6 heteroatoms. The van der Waals surface area contributed by atoms with Crippen LogP contribution in [0.2, 0.25) is 0 Å². The molecule has 0 saturated heterocycles. The monoisotopic (exact) mass is 392 g/mol. The van der Waals surface area contributed by atoms with Gasteiger partial charge in [-0.05, 0) is 47.7 Å². The quantitative estimate of drug-likeness (QED) is 0.449. The van der Waals surface area contributed by atoms with Crippen molar-refractivity contribution >= 4 is 32.7 Å². The molecule has 0 aliphatic heterocycles. The highest BCUT2D eigenvalue weighted by atomic mass is 15.3. The van der Waals surface area contributed by atoms with Crippen LogP contribution in [0.3, 0.4) is 0 Å². The maximum Gasteiger partial charge on any atom is 0.0686 e. The lowest BCUT2D eigenvalue weighted by Gasteiger charge is -2.07. The van der Waals surface area contributed by atoms with Gasteiger partial charge in [0, 0.05) is 16.2 Å². The van der Waals surface area contributed by atoms with Crippen molar-refractivity contribution < 1.29 is 0 Å². The Kier molecular flexibility index (Phi) is 3.87. The Morgan fingerprint density at radius 2 is 1.67 bits per heavy atom. The van der Waals surface area contributed by atoms with Gasteiger partial charge < -0.3 is 0 Å². The fraction of sp³-hybridized carbons (Fsp3) is 0.125. The average Bonchev–Trinajstić information content (AvgIpc) is 3.52. The maximum absolute atomic E-state index is 4.65. The van der Waals surface area contributed by atoms with E-state index in [1.807, 2.05) is 24.7 Å². The Balaban J connectivity index is 1.26. The number of aromatic nitrogens is 6. The van der Waals surface area contributed by atoms with Gasteiger partial charge in [-0.1, -0.05) is 36.4 Å². The number of rotatable bonds is 5. The molecule has 0 aliphatic carbocycles. The largest absolute Gasteiger partial charge is 0.278 e. The topological polar surface area (TPSA) is 75.2 Å². The van der Waals surface area contributed by atoms with Gasteiger partial charge in [-0.3, -0.25) is 14.9 Å². The minimum Gasteiger partial charge on any atom is -0.278 e. The van der Waals surface area contributed by atoms with Crippen LogP contribution in [-0.2, 0) is 19.4 Å². The highest BCUT2D eigenvalue weighted by Gasteiger charge is 2.09. The fourth-order valence-electron chi connectivity index (χ4n) is 4.26. The van der Waals surface area contributed by atoms with Crippen molar-refractivity contribution in [3.63, 3.8) is 0 Å². The van der Waals surface area contributed by atoms with E-state index in [1.165, 1.54) is 22.1 Å². The molecule has 0 fully saturated rings. The van der Waals surface area contributed by atoms with E-state index < -0.39 is 0 Å². The minimum absolute atomic E-state index is 0.724. The van der Waals surface area contributed by atoms with E-state index in [0.29, 0.717) is 0 Å². The number of para-hydroxylation sites is 1. The summed E-state index contributed by atoms with van der Waals surface area (Å²) in [5.74, 6) is 0. The van der Waals surface area contributed by atoms with Crippen molar-refractivity contribution in [3.8, 4) is 0 Å². The van der Waals surface area contributed by atoms with E-state index in [1.54, 1.807) is 0 Å². The van der Waals surface area contributed by atoms with Crippen LogP contribution >= 0.6 is 0 Å². The first-order valence-corrected chi connectivity index (χ1v) is 10.1. The second-order valence-corrected chi connectivity index (χ2v) is 7.70. The number of hydrogen-bond acceptors (Lipinski definition) is 3. The van der Waals surface area contributed by atoms with Gasteiger partial charge in [0.2, 0.25) is 0 Å². The molecule has 0 saturated carbocycles. The number of benzene rings is 3. The summed E-state index contributed by atoms with van der Waals surface area (Å²) in [5.41, 5.74) is 7.17.